The number of hydrogen-bond acceptors (Lipinski definition) is 2. The zero-order valence-corrected chi connectivity index (χ0v) is 11.5. The summed E-state index contributed by atoms with van der Waals surface area (Å²) in [7, 11) is 2.02. The van der Waals surface area contributed by atoms with Gasteiger partial charge in [0.15, 0.2) is 0 Å². The van der Waals surface area contributed by atoms with Crippen molar-refractivity contribution in [3.05, 3.63) is 48.0 Å². The molecule has 3 N–H and O–H groups in total. The molecule has 0 bridgehead atoms. The van der Waals surface area contributed by atoms with Crippen LogP contribution in [0.25, 0.3) is 10.8 Å². The summed E-state index contributed by atoms with van der Waals surface area (Å²) >= 11 is 0. The van der Waals surface area contributed by atoms with Crippen molar-refractivity contribution >= 4 is 10.8 Å². The highest BCUT2D eigenvalue weighted by Gasteiger charge is 2.42. The third kappa shape index (κ3) is 2.15. The molecule has 0 radical (unpaired) electrons. The second-order valence-corrected chi connectivity index (χ2v) is 5.83. The molecule has 0 saturated heterocycles. The van der Waals surface area contributed by atoms with Gasteiger partial charge >= 0.3 is 0 Å². The van der Waals surface area contributed by atoms with Crippen molar-refractivity contribution in [1.82, 2.24) is 5.32 Å². The highest BCUT2D eigenvalue weighted by Crippen LogP contribution is 2.48. The van der Waals surface area contributed by atoms with Gasteiger partial charge in [0.25, 0.3) is 0 Å². The maximum atomic E-state index is 6.57. The molecule has 100 valence electrons. The second-order valence-electron chi connectivity index (χ2n) is 5.83. The van der Waals surface area contributed by atoms with E-state index in [1.807, 2.05) is 7.05 Å². The maximum Gasteiger partial charge on any atom is 0.0364 e. The van der Waals surface area contributed by atoms with Gasteiger partial charge in [-0.05, 0) is 42.3 Å². The van der Waals surface area contributed by atoms with Crippen molar-refractivity contribution < 1.29 is 0 Å². The average molecular weight is 254 g/mol. The molecule has 0 aliphatic heterocycles. The third-order valence-electron chi connectivity index (χ3n) is 4.67. The topological polar surface area (TPSA) is 38.0 Å². The molecular weight excluding hydrogens is 232 g/mol. The predicted octanol–water partition coefficient (Wildman–Crippen LogP) is 3.23. The van der Waals surface area contributed by atoms with Gasteiger partial charge in [-0.25, -0.2) is 0 Å². The maximum absolute atomic E-state index is 6.57. The molecule has 2 heteroatoms. The van der Waals surface area contributed by atoms with Gasteiger partial charge in [-0.3, -0.25) is 0 Å². The zero-order chi connectivity index (χ0) is 13.3. The fourth-order valence-corrected chi connectivity index (χ4v) is 3.34. The van der Waals surface area contributed by atoms with E-state index < -0.39 is 0 Å². The van der Waals surface area contributed by atoms with Crippen molar-refractivity contribution in [2.75, 3.05) is 13.6 Å². The van der Waals surface area contributed by atoms with Crippen LogP contribution in [0.4, 0.5) is 0 Å². The smallest absolute Gasteiger partial charge is 0.0364 e. The Morgan fingerprint density at radius 2 is 1.89 bits per heavy atom. The molecule has 2 aromatic rings. The fraction of sp³-hybridized carbons (Fsp3) is 0.412. The van der Waals surface area contributed by atoms with E-state index in [0.717, 1.165) is 6.54 Å². The lowest BCUT2D eigenvalue weighted by Crippen LogP contribution is -2.46. The van der Waals surface area contributed by atoms with Gasteiger partial charge in [-0.2, -0.15) is 0 Å². The lowest BCUT2D eigenvalue weighted by atomic mass is 9.62. The van der Waals surface area contributed by atoms with Crippen LogP contribution in [0, 0.1) is 5.41 Å². The highest BCUT2D eigenvalue weighted by molar-refractivity contribution is 5.83. The number of rotatable bonds is 4. The predicted molar refractivity (Wildman–Crippen MR) is 81.1 cm³/mol. The Hall–Kier alpha value is -1.38. The van der Waals surface area contributed by atoms with E-state index in [2.05, 4.69) is 47.8 Å². The second kappa shape index (κ2) is 4.95. The lowest BCUT2D eigenvalue weighted by Gasteiger charge is -2.46. The SMILES string of the molecule is CNCC1(C(N)c2ccc3ccccc3c2)CCC1. The molecule has 0 heterocycles. The first-order valence-corrected chi connectivity index (χ1v) is 7.14. The van der Waals surface area contributed by atoms with E-state index in [-0.39, 0.29) is 11.5 Å². The van der Waals surface area contributed by atoms with E-state index in [1.165, 1.54) is 35.6 Å². The van der Waals surface area contributed by atoms with Gasteiger partial charge in [0.05, 0.1) is 0 Å². The average Bonchev–Trinajstić information content (AvgIpc) is 2.41. The molecule has 1 unspecified atom stereocenters. The Labute approximate surface area is 115 Å². The molecule has 0 spiro atoms. The summed E-state index contributed by atoms with van der Waals surface area (Å²) in [4.78, 5) is 0. The van der Waals surface area contributed by atoms with Crippen LogP contribution in [0.2, 0.25) is 0 Å². The van der Waals surface area contributed by atoms with Crippen LogP contribution in [0.15, 0.2) is 42.5 Å². The lowest BCUT2D eigenvalue weighted by molar-refractivity contribution is 0.0948. The quantitative estimate of drug-likeness (QED) is 0.879. The summed E-state index contributed by atoms with van der Waals surface area (Å²) in [6.07, 6.45) is 3.78. The van der Waals surface area contributed by atoms with Gasteiger partial charge < -0.3 is 11.1 Å². The third-order valence-corrected chi connectivity index (χ3v) is 4.67. The Bertz CT molecular complexity index is 572. The Morgan fingerprint density at radius 1 is 1.16 bits per heavy atom. The summed E-state index contributed by atoms with van der Waals surface area (Å²) in [5.41, 5.74) is 8.11. The molecule has 1 fully saturated rings. The first-order valence-electron chi connectivity index (χ1n) is 7.14. The summed E-state index contributed by atoms with van der Waals surface area (Å²) in [6.45, 7) is 1.01. The number of fused-ring (bicyclic) bond motifs is 1. The highest BCUT2D eigenvalue weighted by atomic mass is 14.9. The van der Waals surface area contributed by atoms with Gasteiger partial charge in [0, 0.05) is 18.0 Å². The van der Waals surface area contributed by atoms with Crippen LogP contribution >= 0.6 is 0 Å². The molecule has 0 aromatic heterocycles. The summed E-state index contributed by atoms with van der Waals surface area (Å²) in [5, 5.41) is 5.89. The molecule has 1 aliphatic rings. The summed E-state index contributed by atoms with van der Waals surface area (Å²) in [5.74, 6) is 0. The first kappa shape index (κ1) is 12.6. The van der Waals surface area contributed by atoms with Crippen LogP contribution in [0.5, 0.6) is 0 Å². The van der Waals surface area contributed by atoms with Crippen LogP contribution in [0.1, 0.15) is 30.9 Å². The van der Waals surface area contributed by atoms with Crippen LogP contribution < -0.4 is 11.1 Å². The minimum Gasteiger partial charge on any atom is -0.323 e. The molecule has 1 saturated carbocycles. The number of hydrogen-bond donors (Lipinski definition) is 2. The van der Waals surface area contributed by atoms with E-state index in [9.17, 15) is 0 Å². The van der Waals surface area contributed by atoms with Crippen LogP contribution in [0.3, 0.4) is 0 Å². The first-order chi connectivity index (χ1) is 9.25. The van der Waals surface area contributed by atoms with Crippen molar-refractivity contribution in [3.63, 3.8) is 0 Å². The Morgan fingerprint density at radius 3 is 2.53 bits per heavy atom. The molecular formula is C17H22N2. The number of nitrogens with one attached hydrogen (secondary N) is 1. The standard InChI is InChI=1S/C17H22N2/c1-19-12-17(9-4-10-17)16(18)15-8-7-13-5-2-3-6-14(13)11-15/h2-3,5-8,11,16,19H,4,9-10,12,18H2,1H3. The van der Waals surface area contributed by atoms with E-state index in [1.54, 1.807) is 0 Å². The van der Waals surface area contributed by atoms with E-state index in [4.69, 9.17) is 5.73 Å². The molecule has 1 atom stereocenters. The van der Waals surface area contributed by atoms with E-state index >= 15 is 0 Å². The normalized spacial score (nSPS) is 19.1. The van der Waals surface area contributed by atoms with Gasteiger partial charge in [-0.1, -0.05) is 42.8 Å². The zero-order valence-electron chi connectivity index (χ0n) is 11.5. The molecule has 19 heavy (non-hydrogen) atoms. The molecule has 2 nitrogen and oxygen atoms in total. The van der Waals surface area contributed by atoms with Crippen LogP contribution in [-0.2, 0) is 0 Å². The monoisotopic (exact) mass is 254 g/mol. The molecule has 3 rings (SSSR count). The van der Waals surface area contributed by atoms with Gasteiger partial charge in [0.1, 0.15) is 0 Å². The molecule has 0 amide bonds. The minimum absolute atomic E-state index is 0.137. The van der Waals surface area contributed by atoms with Crippen molar-refractivity contribution in [1.29, 1.82) is 0 Å². The Balaban J connectivity index is 1.94. The molecule has 1 aliphatic carbocycles. The fourth-order valence-electron chi connectivity index (χ4n) is 3.34. The van der Waals surface area contributed by atoms with Crippen molar-refractivity contribution in [2.45, 2.75) is 25.3 Å². The van der Waals surface area contributed by atoms with Crippen LogP contribution in [-0.4, -0.2) is 13.6 Å². The number of benzene rings is 2. The van der Waals surface area contributed by atoms with Crippen molar-refractivity contribution in [2.24, 2.45) is 11.1 Å². The minimum atomic E-state index is 0.137. The van der Waals surface area contributed by atoms with E-state index in [0.29, 0.717) is 0 Å². The van der Waals surface area contributed by atoms with Crippen molar-refractivity contribution in [3.8, 4) is 0 Å². The number of nitrogens with two attached hydrogens (primary N) is 1. The summed E-state index contributed by atoms with van der Waals surface area (Å²) < 4.78 is 0. The molecule has 2 aromatic carbocycles. The van der Waals surface area contributed by atoms with Gasteiger partial charge in [-0.15, -0.1) is 0 Å². The largest absolute Gasteiger partial charge is 0.323 e. The summed E-state index contributed by atoms with van der Waals surface area (Å²) in [6, 6.07) is 15.3. The van der Waals surface area contributed by atoms with Gasteiger partial charge in [0.2, 0.25) is 0 Å². The Kier molecular flexibility index (Phi) is 3.29.